The minimum Gasteiger partial charge on any atom is -0.462 e. The third kappa shape index (κ3) is 4.19. The Balaban J connectivity index is 2.58. The lowest BCUT2D eigenvalue weighted by Gasteiger charge is -2.23. The zero-order chi connectivity index (χ0) is 12.7. The molecule has 0 aromatic carbocycles. The van der Waals surface area contributed by atoms with E-state index in [-0.39, 0.29) is 11.6 Å². The van der Waals surface area contributed by atoms with Crippen LogP contribution in [0.5, 0.6) is 0 Å². The average Bonchev–Trinajstić information content (AvgIpc) is 2.32. The Labute approximate surface area is 101 Å². The van der Waals surface area contributed by atoms with Gasteiger partial charge in [-0.3, -0.25) is 4.99 Å². The van der Waals surface area contributed by atoms with Crippen LogP contribution in [0.3, 0.4) is 0 Å². The van der Waals surface area contributed by atoms with Crippen LogP contribution < -0.4 is 5.73 Å². The Hall–Kier alpha value is -1.36. The first-order valence-corrected chi connectivity index (χ1v) is 5.99. The van der Waals surface area contributed by atoms with Crippen LogP contribution in [-0.4, -0.2) is 36.0 Å². The van der Waals surface area contributed by atoms with Crippen LogP contribution in [0.15, 0.2) is 16.8 Å². The molecule has 1 saturated carbocycles. The topological polar surface area (TPSA) is 84.9 Å². The smallest absolute Gasteiger partial charge is 0.341 e. The van der Waals surface area contributed by atoms with E-state index >= 15 is 0 Å². The second kappa shape index (κ2) is 7.06. The molecule has 2 atom stereocenters. The Kier molecular flexibility index (Phi) is 5.69. The quantitative estimate of drug-likeness (QED) is 0.432. The maximum absolute atomic E-state index is 11.4. The predicted molar refractivity (Wildman–Crippen MR) is 65.7 cm³/mol. The van der Waals surface area contributed by atoms with E-state index in [9.17, 15) is 9.90 Å². The van der Waals surface area contributed by atoms with Crippen molar-refractivity contribution in [2.75, 3.05) is 6.61 Å². The van der Waals surface area contributed by atoms with Crippen molar-refractivity contribution in [1.29, 1.82) is 0 Å². The molecule has 0 heterocycles. The number of aliphatic imine (C=N–C) groups is 1. The molecule has 5 heteroatoms. The second-order valence-corrected chi connectivity index (χ2v) is 4.04. The Morgan fingerprint density at radius 3 is 2.82 bits per heavy atom. The molecule has 0 unspecified atom stereocenters. The van der Waals surface area contributed by atoms with Gasteiger partial charge in [-0.25, -0.2) is 4.79 Å². The van der Waals surface area contributed by atoms with Gasteiger partial charge in [-0.05, 0) is 19.8 Å². The summed E-state index contributed by atoms with van der Waals surface area (Å²) >= 11 is 0. The molecule has 96 valence electrons. The summed E-state index contributed by atoms with van der Waals surface area (Å²) < 4.78 is 4.82. The summed E-state index contributed by atoms with van der Waals surface area (Å²) in [6.45, 7) is 2.03. The summed E-state index contributed by atoms with van der Waals surface area (Å²) in [6, 6.07) is -0.131. The second-order valence-electron chi connectivity index (χ2n) is 4.04. The van der Waals surface area contributed by atoms with Crippen molar-refractivity contribution in [2.45, 2.75) is 44.8 Å². The zero-order valence-electron chi connectivity index (χ0n) is 10.1. The first kappa shape index (κ1) is 13.7. The lowest BCUT2D eigenvalue weighted by Crippen LogP contribution is -2.28. The minimum absolute atomic E-state index is 0.131. The molecule has 0 bridgehead atoms. The molecular weight excluding hydrogens is 220 g/mol. The maximum Gasteiger partial charge on any atom is 0.341 e. The molecule has 5 nitrogen and oxygen atoms in total. The van der Waals surface area contributed by atoms with Crippen molar-refractivity contribution in [1.82, 2.24) is 0 Å². The van der Waals surface area contributed by atoms with E-state index in [1.807, 2.05) is 0 Å². The van der Waals surface area contributed by atoms with Crippen molar-refractivity contribution in [3.05, 3.63) is 11.8 Å². The maximum atomic E-state index is 11.4. The summed E-state index contributed by atoms with van der Waals surface area (Å²) in [5.74, 6) is -0.482. The van der Waals surface area contributed by atoms with Gasteiger partial charge in [0.25, 0.3) is 0 Å². The highest BCUT2D eigenvalue weighted by atomic mass is 16.5. The van der Waals surface area contributed by atoms with Gasteiger partial charge >= 0.3 is 5.97 Å². The van der Waals surface area contributed by atoms with Gasteiger partial charge in [0.1, 0.15) is 0 Å². The van der Waals surface area contributed by atoms with Gasteiger partial charge in [-0.1, -0.05) is 12.8 Å². The van der Waals surface area contributed by atoms with Crippen molar-refractivity contribution >= 4 is 12.2 Å². The van der Waals surface area contributed by atoms with Crippen LogP contribution in [-0.2, 0) is 9.53 Å². The van der Waals surface area contributed by atoms with Crippen molar-refractivity contribution in [3.63, 3.8) is 0 Å². The number of nitrogens with two attached hydrogens (primary N) is 1. The molecule has 0 radical (unpaired) electrons. The van der Waals surface area contributed by atoms with Gasteiger partial charge in [-0.15, -0.1) is 0 Å². The Morgan fingerprint density at radius 1 is 1.53 bits per heavy atom. The number of nitrogens with zero attached hydrogens (tertiary/aromatic N) is 1. The van der Waals surface area contributed by atoms with Crippen molar-refractivity contribution < 1.29 is 14.6 Å². The zero-order valence-corrected chi connectivity index (χ0v) is 10.1. The van der Waals surface area contributed by atoms with Gasteiger partial charge in [0.05, 0.1) is 24.3 Å². The molecule has 3 N–H and O–H groups in total. The fraction of sp³-hybridized carbons (Fsp3) is 0.667. The normalized spacial score (nSPS) is 26.1. The van der Waals surface area contributed by atoms with E-state index in [4.69, 9.17) is 10.5 Å². The monoisotopic (exact) mass is 240 g/mol. The molecule has 17 heavy (non-hydrogen) atoms. The molecule has 1 aliphatic rings. The number of esters is 1. The van der Waals surface area contributed by atoms with Crippen molar-refractivity contribution in [2.24, 2.45) is 10.7 Å². The van der Waals surface area contributed by atoms with Crippen molar-refractivity contribution in [3.8, 4) is 0 Å². The minimum atomic E-state index is -0.482. The van der Waals surface area contributed by atoms with E-state index in [2.05, 4.69) is 4.99 Å². The van der Waals surface area contributed by atoms with Gasteiger partial charge in [-0.2, -0.15) is 0 Å². The van der Waals surface area contributed by atoms with Crippen LogP contribution in [0.25, 0.3) is 0 Å². The number of rotatable bonds is 4. The predicted octanol–water partition coefficient (Wildman–Crippen LogP) is 0.766. The first-order valence-electron chi connectivity index (χ1n) is 5.99. The fourth-order valence-corrected chi connectivity index (χ4v) is 1.82. The van der Waals surface area contributed by atoms with Crippen LogP contribution >= 0.6 is 0 Å². The van der Waals surface area contributed by atoms with Crippen LogP contribution in [0.2, 0.25) is 0 Å². The number of carbonyl (C=O) groups excluding carboxylic acids is 1. The third-order valence-electron chi connectivity index (χ3n) is 2.79. The van der Waals surface area contributed by atoms with Gasteiger partial charge in [0.15, 0.2) is 0 Å². The van der Waals surface area contributed by atoms with Crippen LogP contribution in [0, 0.1) is 0 Å². The standard InChI is InChI=1S/C12H20N2O3/c1-2-17-12(16)9(7-13)8-14-10-5-3-4-6-11(10)15/h7-8,10-11,15H,2-6,13H2,1H3/b9-7+,14-8?/t10-,11-/m1/s1. The van der Waals surface area contributed by atoms with Gasteiger partial charge in [0.2, 0.25) is 0 Å². The van der Waals surface area contributed by atoms with Crippen LogP contribution in [0.1, 0.15) is 32.6 Å². The van der Waals surface area contributed by atoms with E-state index in [0.717, 1.165) is 25.7 Å². The lowest BCUT2D eigenvalue weighted by atomic mass is 9.93. The molecule has 1 aliphatic carbocycles. The summed E-state index contributed by atoms with van der Waals surface area (Å²) in [6.07, 6.45) is 5.86. The molecular formula is C12H20N2O3. The molecule has 0 aromatic heterocycles. The van der Waals surface area contributed by atoms with E-state index in [1.165, 1.54) is 12.4 Å². The molecule has 0 amide bonds. The molecule has 1 fully saturated rings. The molecule has 0 saturated heterocycles. The van der Waals surface area contributed by atoms with E-state index in [1.54, 1.807) is 6.92 Å². The Bertz CT molecular complexity index is 313. The summed E-state index contributed by atoms with van der Waals surface area (Å²) in [5.41, 5.74) is 5.56. The van der Waals surface area contributed by atoms with Gasteiger partial charge < -0.3 is 15.6 Å². The number of carbonyl (C=O) groups is 1. The fourth-order valence-electron chi connectivity index (χ4n) is 1.82. The first-order chi connectivity index (χ1) is 8.19. The third-order valence-corrected chi connectivity index (χ3v) is 2.79. The number of ether oxygens (including phenoxy) is 1. The SMILES string of the molecule is CCOC(=O)/C(C=N[C@@H]1CCCC[C@H]1O)=C/N. The highest BCUT2D eigenvalue weighted by molar-refractivity contribution is 6.09. The van der Waals surface area contributed by atoms with Crippen LogP contribution in [0.4, 0.5) is 0 Å². The van der Waals surface area contributed by atoms with Gasteiger partial charge in [0, 0.05) is 12.4 Å². The Morgan fingerprint density at radius 2 is 2.24 bits per heavy atom. The number of hydrogen-bond acceptors (Lipinski definition) is 5. The van der Waals surface area contributed by atoms with E-state index in [0.29, 0.717) is 6.61 Å². The highest BCUT2D eigenvalue weighted by Crippen LogP contribution is 2.20. The largest absolute Gasteiger partial charge is 0.462 e. The number of aliphatic hydroxyl groups excluding tert-OH is 1. The summed E-state index contributed by atoms with van der Waals surface area (Å²) in [4.78, 5) is 15.6. The van der Waals surface area contributed by atoms with E-state index < -0.39 is 12.1 Å². The highest BCUT2D eigenvalue weighted by Gasteiger charge is 2.21. The summed E-state index contributed by atoms with van der Waals surface area (Å²) in [5, 5.41) is 9.72. The average molecular weight is 240 g/mol. The molecule has 0 spiro atoms. The summed E-state index contributed by atoms with van der Waals surface area (Å²) in [7, 11) is 0. The number of aliphatic hydroxyl groups is 1. The molecule has 0 aromatic rings. The molecule has 0 aliphatic heterocycles. The lowest BCUT2D eigenvalue weighted by molar-refractivity contribution is -0.137. The molecule has 1 rings (SSSR count). The number of hydrogen-bond donors (Lipinski definition) is 2.